The summed E-state index contributed by atoms with van der Waals surface area (Å²) < 4.78 is 7.12. The summed E-state index contributed by atoms with van der Waals surface area (Å²) in [5, 5.41) is 11.9. The van der Waals surface area contributed by atoms with Crippen LogP contribution in [-0.4, -0.2) is 37.6 Å². The normalized spacial score (nSPS) is 11.8. The number of aromatic nitrogens is 5. The van der Waals surface area contributed by atoms with Crippen molar-refractivity contribution in [1.29, 1.82) is 0 Å². The highest BCUT2D eigenvalue weighted by atomic mass is 16.5. The molecule has 0 aliphatic rings. The molecule has 1 unspecified atom stereocenters. The van der Waals surface area contributed by atoms with Crippen LogP contribution in [0.15, 0.2) is 67.0 Å². The molecule has 4 aromatic rings. The highest BCUT2D eigenvalue weighted by Gasteiger charge is 2.24. The number of methoxy groups -OCH3 is 1. The van der Waals surface area contributed by atoms with Crippen molar-refractivity contribution in [2.75, 3.05) is 7.11 Å². The lowest BCUT2D eigenvalue weighted by Crippen LogP contribution is -2.31. The fraction of sp³-hybridized carbons (Fsp3) is 0.182. The van der Waals surface area contributed by atoms with E-state index in [1.54, 1.807) is 20.2 Å². The average Bonchev–Trinajstić information content (AvgIpc) is 3.38. The number of hydrogen-bond acceptors (Lipinski definition) is 5. The third kappa shape index (κ3) is 3.80. The van der Waals surface area contributed by atoms with E-state index in [0.717, 1.165) is 17.0 Å². The smallest absolute Gasteiger partial charge is 0.274 e. The van der Waals surface area contributed by atoms with Gasteiger partial charge in [0.15, 0.2) is 5.69 Å². The van der Waals surface area contributed by atoms with Gasteiger partial charge in [0, 0.05) is 19.4 Å². The number of amides is 1. The topological polar surface area (TPSA) is 86.9 Å². The summed E-state index contributed by atoms with van der Waals surface area (Å²) in [6, 6.07) is 16.6. The zero-order valence-electron chi connectivity index (χ0n) is 17.0. The predicted molar refractivity (Wildman–Crippen MR) is 112 cm³/mol. The van der Waals surface area contributed by atoms with Crippen molar-refractivity contribution in [2.45, 2.75) is 13.0 Å². The molecule has 2 aromatic heterocycles. The molecule has 0 radical (unpaired) electrons. The summed E-state index contributed by atoms with van der Waals surface area (Å²) in [4.78, 5) is 19.0. The quantitative estimate of drug-likeness (QED) is 0.536. The molecule has 2 heterocycles. The zero-order valence-corrected chi connectivity index (χ0v) is 17.0. The molecular weight excluding hydrogens is 380 g/mol. The lowest BCUT2D eigenvalue weighted by atomic mass is 10.1. The summed E-state index contributed by atoms with van der Waals surface area (Å²) >= 11 is 0. The number of nitrogens with one attached hydrogen (secondary N) is 1. The van der Waals surface area contributed by atoms with E-state index in [0.29, 0.717) is 11.5 Å². The second-order valence-corrected chi connectivity index (χ2v) is 6.83. The number of rotatable bonds is 6. The number of benzene rings is 2. The van der Waals surface area contributed by atoms with Crippen LogP contribution in [0, 0.1) is 6.92 Å². The molecule has 152 valence electrons. The standard InChI is InChI=1S/C22H22N6O2/c1-15-19(26-28(25-15)17-7-5-4-6-8-17)22(29)24-20(21-23-13-14-27(21)2)16-9-11-18(30-3)12-10-16/h4-14,20H,1-3H3,(H,24,29). The number of carbonyl (C=O) groups is 1. The summed E-state index contributed by atoms with van der Waals surface area (Å²) in [5.41, 5.74) is 2.48. The molecule has 0 spiro atoms. The Hall–Kier alpha value is -3.94. The minimum atomic E-state index is -0.454. The van der Waals surface area contributed by atoms with Gasteiger partial charge in [0.1, 0.15) is 17.6 Å². The predicted octanol–water partition coefficient (Wildman–Crippen LogP) is 2.84. The number of carbonyl (C=O) groups excluding carboxylic acids is 1. The highest BCUT2D eigenvalue weighted by molar-refractivity contribution is 5.93. The van der Waals surface area contributed by atoms with Crippen LogP contribution in [0.5, 0.6) is 5.75 Å². The van der Waals surface area contributed by atoms with Crippen LogP contribution >= 0.6 is 0 Å². The Morgan fingerprint density at radius 3 is 2.43 bits per heavy atom. The lowest BCUT2D eigenvalue weighted by Gasteiger charge is -2.19. The maximum atomic E-state index is 13.1. The van der Waals surface area contributed by atoms with Crippen molar-refractivity contribution >= 4 is 5.91 Å². The molecule has 1 atom stereocenters. The van der Waals surface area contributed by atoms with Crippen LogP contribution in [0.1, 0.15) is 33.6 Å². The number of para-hydroxylation sites is 1. The van der Waals surface area contributed by atoms with E-state index in [4.69, 9.17) is 4.74 Å². The summed E-state index contributed by atoms with van der Waals surface area (Å²) in [6.07, 6.45) is 3.55. The minimum absolute atomic E-state index is 0.270. The molecule has 0 fully saturated rings. The first-order valence-corrected chi connectivity index (χ1v) is 9.48. The molecule has 8 heteroatoms. The Morgan fingerprint density at radius 1 is 1.07 bits per heavy atom. The Kier molecular flexibility index (Phi) is 5.30. The number of nitrogens with zero attached hydrogens (tertiary/aromatic N) is 5. The Bertz CT molecular complexity index is 1150. The number of ether oxygens (including phenoxy) is 1. The zero-order chi connectivity index (χ0) is 21.1. The van der Waals surface area contributed by atoms with Gasteiger partial charge in [-0.3, -0.25) is 4.79 Å². The summed E-state index contributed by atoms with van der Waals surface area (Å²) in [5.74, 6) is 1.13. The molecule has 1 amide bonds. The van der Waals surface area contributed by atoms with Gasteiger partial charge in [-0.2, -0.15) is 9.90 Å². The second kappa shape index (κ2) is 8.20. The fourth-order valence-corrected chi connectivity index (χ4v) is 3.21. The highest BCUT2D eigenvalue weighted by Crippen LogP contribution is 2.23. The van der Waals surface area contributed by atoms with Gasteiger partial charge >= 0.3 is 0 Å². The van der Waals surface area contributed by atoms with Crippen LogP contribution in [0.2, 0.25) is 0 Å². The molecule has 8 nitrogen and oxygen atoms in total. The van der Waals surface area contributed by atoms with E-state index in [-0.39, 0.29) is 11.6 Å². The maximum absolute atomic E-state index is 13.1. The van der Waals surface area contributed by atoms with Crippen molar-refractivity contribution < 1.29 is 9.53 Å². The molecule has 0 aliphatic heterocycles. The molecule has 30 heavy (non-hydrogen) atoms. The third-order valence-electron chi connectivity index (χ3n) is 4.83. The van der Waals surface area contributed by atoms with E-state index >= 15 is 0 Å². The molecule has 2 aromatic carbocycles. The van der Waals surface area contributed by atoms with E-state index < -0.39 is 6.04 Å². The molecule has 0 aliphatic carbocycles. The van der Waals surface area contributed by atoms with Crippen LogP contribution in [0.4, 0.5) is 0 Å². The van der Waals surface area contributed by atoms with Crippen LogP contribution in [-0.2, 0) is 7.05 Å². The van der Waals surface area contributed by atoms with Gasteiger partial charge in [-0.1, -0.05) is 30.3 Å². The first kappa shape index (κ1) is 19.4. The monoisotopic (exact) mass is 402 g/mol. The average molecular weight is 402 g/mol. The molecule has 0 saturated heterocycles. The minimum Gasteiger partial charge on any atom is -0.497 e. The van der Waals surface area contributed by atoms with Crippen molar-refractivity contribution in [3.63, 3.8) is 0 Å². The molecule has 1 N–H and O–H groups in total. The Labute approximate surface area is 174 Å². The van der Waals surface area contributed by atoms with E-state index in [1.807, 2.05) is 72.4 Å². The molecule has 4 rings (SSSR count). The molecule has 0 bridgehead atoms. The van der Waals surface area contributed by atoms with Crippen molar-refractivity contribution in [3.8, 4) is 11.4 Å². The van der Waals surface area contributed by atoms with Crippen molar-refractivity contribution in [3.05, 3.63) is 89.8 Å². The van der Waals surface area contributed by atoms with Gasteiger partial charge in [-0.15, -0.1) is 5.10 Å². The largest absolute Gasteiger partial charge is 0.497 e. The van der Waals surface area contributed by atoms with Crippen LogP contribution in [0.3, 0.4) is 0 Å². The van der Waals surface area contributed by atoms with E-state index in [2.05, 4.69) is 20.5 Å². The molecule has 0 saturated carbocycles. The van der Waals surface area contributed by atoms with Gasteiger partial charge < -0.3 is 14.6 Å². The fourth-order valence-electron chi connectivity index (χ4n) is 3.21. The third-order valence-corrected chi connectivity index (χ3v) is 4.83. The Morgan fingerprint density at radius 2 is 1.80 bits per heavy atom. The second-order valence-electron chi connectivity index (χ2n) is 6.83. The van der Waals surface area contributed by atoms with Gasteiger partial charge in [-0.05, 0) is 36.8 Å². The lowest BCUT2D eigenvalue weighted by molar-refractivity contribution is 0.0935. The Balaban J connectivity index is 1.65. The van der Waals surface area contributed by atoms with Crippen LogP contribution < -0.4 is 10.1 Å². The van der Waals surface area contributed by atoms with Gasteiger partial charge in [-0.25, -0.2) is 4.98 Å². The van der Waals surface area contributed by atoms with Gasteiger partial charge in [0.2, 0.25) is 0 Å². The first-order valence-electron chi connectivity index (χ1n) is 9.48. The number of aryl methyl sites for hydroxylation is 2. The van der Waals surface area contributed by atoms with Gasteiger partial charge in [0.25, 0.3) is 5.91 Å². The summed E-state index contributed by atoms with van der Waals surface area (Å²) in [7, 11) is 3.51. The SMILES string of the molecule is COc1ccc(C(NC(=O)c2nn(-c3ccccc3)nc2C)c2nccn2C)cc1. The van der Waals surface area contributed by atoms with Crippen molar-refractivity contribution in [2.24, 2.45) is 7.05 Å². The maximum Gasteiger partial charge on any atom is 0.274 e. The van der Waals surface area contributed by atoms with E-state index in [9.17, 15) is 4.79 Å². The van der Waals surface area contributed by atoms with Gasteiger partial charge in [0.05, 0.1) is 18.5 Å². The molecular formula is C22H22N6O2. The first-order chi connectivity index (χ1) is 14.6. The van der Waals surface area contributed by atoms with Crippen molar-refractivity contribution in [1.82, 2.24) is 29.9 Å². The number of imidazole rings is 1. The summed E-state index contributed by atoms with van der Waals surface area (Å²) in [6.45, 7) is 1.77. The van der Waals surface area contributed by atoms with E-state index in [1.165, 1.54) is 4.80 Å². The van der Waals surface area contributed by atoms with Crippen LogP contribution in [0.25, 0.3) is 5.69 Å². The number of hydrogen-bond donors (Lipinski definition) is 1.